The fraction of sp³-hybridized carbons (Fsp3) is 0.345. The summed E-state index contributed by atoms with van der Waals surface area (Å²) < 4.78 is 156. The molecule has 6 aromatic carbocycles. The fourth-order valence-electron chi connectivity index (χ4n) is 6.53. The van der Waals surface area contributed by atoms with Crippen LogP contribution in [0.3, 0.4) is 0 Å². The van der Waals surface area contributed by atoms with E-state index in [1.54, 1.807) is 52.0 Å². The van der Waals surface area contributed by atoms with Crippen LogP contribution >= 0.6 is 55.1 Å². The van der Waals surface area contributed by atoms with Crippen molar-refractivity contribution in [3.05, 3.63) is 207 Å². The summed E-state index contributed by atoms with van der Waals surface area (Å²) in [5, 5.41) is 0.565. The Morgan fingerprint density at radius 3 is 1.10 bits per heavy atom. The summed E-state index contributed by atoms with van der Waals surface area (Å²) in [7, 11) is 0. The Morgan fingerprint density at radius 1 is 0.338 bits per heavy atom. The lowest BCUT2D eigenvalue weighted by Crippen LogP contribution is -2.03. The summed E-state index contributed by atoms with van der Waals surface area (Å²) in [5.74, 6) is -10.2. The van der Waals surface area contributed by atoms with Gasteiger partial charge in [0.1, 0.15) is 34.9 Å². The van der Waals surface area contributed by atoms with E-state index in [2.05, 4.69) is 31.9 Å². The van der Waals surface area contributed by atoms with Gasteiger partial charge in [0.2, 0.25) is 0 Å². The molecule has 6 rings (SSSR count). The number of halogens is 16. The highest BCUT2D eigenvalue weighted by molar-refractivity contribution is 9.10. The topological polar surface area (TPSA) is 0 Å². The number of benzene rings is 6. The van der Waals surface area contributed by atoms with Crippen LogP contribution in [-0.4, -0.2) is 0 Å². The third-order valence-electron chi connectivity index (χ3n) is 10.1. The molecule has 0 aliphatic rings. The lowest BCUT2D eigenvalue weighted by atomic mass is 9.98. The van der Waals surface area contributed by atoms with Crippen LogP contribution in [-0.2, 0) is 0 Å². The van der Waals surface area contributed by atoms with Gasteiger partial charge < -0.3 is 0 Å². The van der Waals surface area contributed by atoms with Crippen LogP contribution in [0.2, 0.25) is 10.0 Å². The molecular weight excluding hydrogens is 1120 g/mol. The minimum absolute atomic E-state index is 0.0277. The van der Waals surface area contributed by atoms with E-state index in [4.69, 9.17) is 23.2 Å². The average Bonchev–Trinajstić information content (AvgIpc) is 3.27. The number of hydrogen-bond donors (Lipinski definition) is 0. The fourth-order valence-corrected chi connectivity index (χ4v) is 7.60. The Kier molecular flexibility index (Phi) is 27.7. The van der Waals surface area contributed by atoms with Crippen LogP contribution in [0.15, 0.2) is 87.8 Å². The molecule has 0 aliphatic carbocycles. The summed E-state index contributed by atoms with van der Waals surface area (Å²) in [5.41, 5.74) is 2.60. The SMILES string of the molecule is CC(C)c1c(F)c(F)cc(F)c1F.CC(C)c1c(F)ccc(Cl)c1F.CC(C)c1c(F)ccc(F)c1F.CC(C)c1cc(Br)ccc1F.CC(C)c1cc(Cl)ccc1F.Cc1ccc(Br)c(F)c1C(C)C. The van der Waals surface area contributed by atoms with Crippen LogP contribution in [0, 0.1) is 76.7 Å². The van der Waals surface area contributed by atoms with Crippen molar-refractivity contribution < 1.29 is 52.7 Å². The molecule has 0 nitrogen and oxygen atoms in total. The minimum Gasteiger partial charge on any atom is -0.207 e. The molecule has 0 radical (unpaired) electrons. The molecule has 71 heavy (non-hydrogen) atoms. The molecule has 0 fully saturated rings. The molecule has 0 amide bonds. The van der Waals surface area contributed by atoms with Gasteiger partial charge in [0.05, 0.1) is 9.50 Å². The van der Waals surface area contributed by atoms with Gasteiger partial charge in [-0.1, -0.05) is 128 Å². The van der Waals surface area contributed by atoms with Crippen LogP contribution in [0.25, 0.3) is 0 Å². The third-order valence-corrected chi connectivity index (χ3v) is 11.8. The van der Waals surface area contributed by atoms with Gasteiger partial charge in [-0.3, -0.25) is 0 Å². The second kappa shape index (κ2) is 30.3. The first kappa shape index (κ1) is 65.0. The van der Waals surface area contributed by atoms with E-state index in [1.807, 2.05) is 60.6 Å². The third kappa shape index (κ3) is 19.8. The van der Waals surface area contributed by atoms with Crippen molar-refractivity contribution in [2.45, 2.75) is 126 Å². The van der Waals surface area contributed by atoms with Crippen LogP contribution in [0.5, 0.6) is 0 Å². The van der Waals surface area contributed by atoms with Crippen LogP contribution in [0.1, 0.15) is 158 Å². The molecule has 390 valence electrons. The molecule has 0 saturated carbocycles. The summed E-state index contributed by atoms with van der Waals surface area (Å²) in [6.45, 7) is 23.3. The molecule has 0 aromatic heterocycles. The van der Waals surface area contributed by atoms with Gasteiger partial charge in [0, 0.05) is 32.3 Å². The van der Waals surface area contributed by atoms with E-state index in [-0.39, 0.29) is 69.3 Å². The maximum Gasteiger partial charge on any atom is 0.165 e. The number of hydrogen-bond acceptors (Lipinski definition) is 0. The zero-order valence-corrected chi connectivity index (χ0v) is 46.2. The Bertz CT molecular complexity index is 2440. The molecule has 0 heterocycles. The molecule has 0 atom stereocenters. The first-order valence-corrected chi connectivity index (χ1v) is 24.6. The maximum atomic E-state index is 13.5. The van der Waals surface area contributed by atoms with E-state index >= 15 is 0 Å². The molecule has 16 heteroatoms. The van der Waals surface area contributed by atoms with Crippen LogP contribution in [0.4, 0.5) is 52.7 Å². The van der Waals surface area contributed by atoms with Crippen LogP contribution < -0.4 is 0 Å². The smallest absolute Gasteiger partial charge is 0.165 e. The molecule has 0 spiro atoms. The van der Waals surface area contributed by atoms with Crippen molar-refractivity contribution in [3.8, 4) is 0 Å². The predicted molar refractivity (Wildman–Crippen MR) is 273 cm³/mol. The van der Waals surface area contributed by atoms with E-state index in [0.717, 1.165) is 33.3 Å². The highest BCUT2D eigenvalue weighted by Gasteiger charge is 2.21. The van der Waals surface area contributed by atoms with Crippen molar-refractivity contribution in [2.75, 3.05) is 0 Å². The quantitative estimate of drug-likeness (QED) is 0.115. The summed E-state index contributed by atoms with van der Waals surface area (Å²) in [6, 6.07) is 17.7. The average molecular weight is 1180 g/mol. The zero-order chi connectivity index (χ0) is 54.9. The largest absolute Gasteiger partial charge is 0.207 e. The Labute approximate surface area is 437 Å². The number of rotatable bonds is 6. The van der Waals surface area contributed by atoms with Crippen molar-refractivity contribution in [1.82, 2.24) is 0 Å². The van der Waals surface area contributed by atoms with Crippen molar-refractivity contribution in [2.24, 2.45) is 0 Å². The molecular formula is C55H58Br2Cl2F12. The minimum atomic E-state index is -1.36. The van der Waals surface area contributed by atoms with Crippen molar-refractivity contribution in [1.29, 1.82) is 0 Å². The summed E-state index contributed by atoms with van der Waals surface area (Å²) >= 11 is 17.7. The standard InChI is InChI=1S/C10H12BrF.C9H10BrF.C9H9ClF2.C9H10ClF.C9H8F4.C9H9F3/c1-6(2)9-7(3)4-5-8(11)10(9)12;1-6(2)8-5-7(10)3-4-9(8)11;1-5(2)8-7(11)4-3-6(10)9(8)12;1-6(2)8-5-7(10)3-4-9(8)11;1-4(2)7-8(12)5(10)3-6(11)9(7)13;1-5(2)8-6(10)3-4-7(11)9(8)12/h4-6H,1-3H3;3-6H,1-2H3;3-5H,1-2H3;3-6H,1-2H3;3-4H,1-2H3;3-5H,1-2H3. The van der Waals surface area contributed by atoms with Gasteiger partial charge in [-0.15, -0.1) is 0 Å². The molecule has 6 aromatic rings. The van der Waals surface area contributed by atoms with Gasteiger partial charge in [0.25, 0.3) is 0 Å². The van der Waals surface area contributed by atoms with Gasteiger partial charge in [-0.05, 0) is 147 Å². The lowest BCUT2D eigenvalue weighted by molar-refractivity contribution is 0.432. The summed E-state index contributed by atoms with van der Waals surface area (Å²) in [4.78, 5) is 0. The Balaban J connectivity index is 0.000000426. The van der Waals surface area contributed by atoms with E-state index < -0.39 is 63.8 Å². The van der Waals surface area contributed by atoms with Crippen molar-refractivity contribution in [3.63, 3.8) is 0 Å². The first-order chi connectivity index (χ1) is 32.8. The number of aryl methyl sites for hydroxylation is 1. The van der Waals surface area contributed by atoms with E-state index in [9.17, 15) is 52.7 Å². The first-order valence-electron chi connectivity index (χ1n) is 22.2. The predicted octanol–water partition coefficient (Wildman–Crippen LogP) is 21.7. The highest BCUT2D eigenvalue weighted by atomic mass is 79.9. The van der Waals surface area contributed by atoms with E-state index in [0.29, 0.717) is 15.1 Å². The molecule has 0 saturated heterocycles. The Morgan fingerprint density at radius 2 is 0.718 bits per heavy atom. The second-order valence-electron chi connectivity index (χ2n) is 17.7. The monoisotopic (exact) mass is 1170 g/mol. The van der Waals surface area contributed by atoms with Crippen molar-refractivity contribution >= 4 is 55.1 Å². The normalized spacial score (nSPS) is 10.8. The van der Waals surface area contributed by atoms with Gasteiger partial charge in [0.15, 0.2) is 34.9 Å². The molecule has 0 N–H and O–H groups in total. The van der Waals surface area contributed by atoms with E-state index in [1.165, 1.54) is 38.1 Å². The van der Waals surface area contributed by atoms with Gasteiger partial charge in [-0.2, -0.15) is 0 Å². The van der Waals surface area contributed by atoms with Gasteiger partial charge >= 0.3 is 0 Å². The highest BCUT2D eigenvalue weighted by Crippen LogP contribution is 2.30. The Hall–Kier alpha value is -3.98. The maximum absolute atomic E-state index is 13.5. The summed E-state index contributed by atoms with van der Waals surface area (Å²) in [6.07, 6.45) is 0. The molecule has 0 aliphatic heterocycles. The second-order valence-corrected chi connectivity index (χ2v) is 20.4. The molecule has 0 bridgehead atoms. The molecule has 0 unspecified atom stereocenters. The van der Waals surface area contributed by atoms with Gasteiger partial charge in [-0.25, -0.2) is 52.7 Å². The zero-order valence-electron chi connectivity index (χ0n) is 41.5. The lowest BCUT2D eigenvalue weighted by Gasteiger charge is -2.11.